The standard InChI is InChI=1S/C14H18BrN3/c1-8(2)4-10-7-13(18-16)11-5-9(3)6-12(15)14(11)17-10/h5-8H,4,16H2,1-3H3,(H,17,18). The summed E-state index contributed by atoms with van der Waals surface area (Å²) in [6, 6.07) is 6.21. The van der Waals surface area contributed by atoms with Crippen molar-refractivity contribution in [1.82, 2.24) is 4.98 Å². The number of nitrogens with one attached hydrogen (secondary N) is 1. The predicted octanol–water partition coefficient (Wildman–Crippen LogP) is 3.79. The number of hydrogen-bond acceptors (Lipinski definition) is 3. The van der Waals surface area contributed by atoms with Gasteiger partial charge in [-0.05, 0) is 59.0 Å². The molecule has 0 unspecified atom stereocenters. The van der Waals surface area contributed by atoms with Gasteiger partial charge in [0.2, 0.25) is 0 Å². The van der Waals surface area contributed by atoms with E-state index >= 15 is 0 Å². The van der Waals surface area contributed by atoms with Gasteiger partial charge in [-0.2, -0.15) is 0 Å². The molecule has 18 heavy (non-hydrogen) atoms. The van der Waals surface area contributed by atoms with Crippen molar-refractivity contribution < 1.29 is 0 Å². The minimum absolute atomic E-state index is 0.574. The maximum atomic E-state index is 5.62. The molecule has 3 N–H and O–H groups in total. The van der Waals surface area contributed by atoms with Crippen LogP contribution in [0.3, 0.4) is 0 Å². The van der Waals surface area contributed by atoms with E-state index in [0.29, 0.717) is 5.92 Å². The van der Waals surface area contributed by atoms with Gasteiger partial charge in [0, 0.05) is 15.6 Å². The van der Waals surface area contributed by atoms with Gasteiger partial charge in [-0.1, -0.05) is 13.8 Å². The molecular weight excluding hydrogens is 290 g/mol. The molecule has 0 fully saturated rings. The van der Waals surface area contributed by atoms with Crippen LogP contribution < -0.4 is 11.3 Å². The Morgan fingerprint density at radius 2 is 2.06 bits per heavy atom. The molecule has 0 spiro atoms. The molecule has 0 aliphatic rings. The van der Waals surface area contributed by atoms with Crippen LogP contribution in [-0.4, -0.2) is 4.98 Å². The molecule has 4 heteroatoms. The summed E-state index contributed by atoms with van der Waals surface area (Å²) in [7, 11) is 0. The summed E-state index contributed by atoms with van der Waals surface area (Å²) in [6.07, 6.45) is 0.949. The molecule has 1 aromatic carbocycles. The lowest BCUT2D eigenvalue weighted by atomic mass is 10.0. The highest BCUT2D eigenvalue weighted by atomic mass is 79.9. The van der Waals surface area contributed by atoms with E-state index in [1.165, 1.54) is 5.56 Å². The van der Waals surface area contributed by atoms with Crippen LogP contribution in [0.1, 0.15) is 25.1 Å². The van der Waals surface area contributed by atoms with Crippen LogP contribution in [0.25, 0.3) is 10.9 Å². The number of pyridine rings is 1. The minimum Gasteiger partial charge on any atom is -0.323 e. The number of rotatable bonds is 3. The van der Waals surface area contributed by atoms with Gasteiger partial charge < -0.3 is 5.43 Å². The largest absolute Gasteiger partial charge is 0.323 e. The van der Waals surface area contributed by atoms with Crippen LogP contribution in [0.15, 0.2) is 22.7 Å². The summed E-state index contributed by atoms with van der Waals surface area (Å²) in [4.78, 5) is 4.72. The minimum atomic E-state index is 0.574. The number of nitrogens with zero attached hydrogens (tertiary/aromatic N) is 1. The van der Waals surface area contributed by atoms with Crippen molar-refractivity contribution in [2.24, 2.45) is 11.8 Å². The van der Waals surface area contributed by atoms with Gasteiger partial charge in [0.25, 0.3) is 0 Å². The zero-order valence-electron chi connectivity index (χ0n) is 10.9. The summed E-state index contributed by atoms with van der Waals surface area (Å²) < 4.78 is 1.01. The highest BCUT2D eigenvalue weighted by Crippen LogP contribution is 2.30. The lowest BCUT2D eigenvalue weighted by Crippen LogP contribution is -2.09. The van der Waals surface area contributed by atoms with Gasteiger partial charge in [-0.25, -0.2) is 0 Å². The highest BCUT2D eigenvalue weighted by Gasteiger charge is 2.09. The van der Waals surface area contributed by atoms with Gasteiger partial charge in [0.05, 0.1) is 11.2 Å². The van der Waals surface area contributed by atoms with Crippen molar-refractivity contribution in [2.75, 3.05) is 5.43 Å². The Morgan fingerprint density at radius 3 is 2.67 bits per heavy atom. The van der Waals surface area contributed by atoms with Crippen molar-refractivity contribution in [3.8, 4) is 0 Å². The fourth-order valence-corrected chi connectivity index (χ4v) is 2.78. The number of nitrogens with two attached hydrogens (primary N) is 1. The molecule has 0 saturated heterocycles. The number of hydrazine groups is 1. The third-order valence-electron chi connectivity index (χ3n) is 2.84. The maximum Gasteiger partial charge on any atom is 0.0868 e. The average Bonchev–Trinajstić information content (AvgIpc) is 2.28. The van der Waals surface area contributed by atoms with E-state index in [1.54, 1.807) is 0 Å². The molecule has 96 valence electrons. The van der Waals surface area contributed by atoms with Gasteiger partial charge in [0.15, 0.2) is 0 Å². The number of hydrogen-bond donors (Lipinski definition) is 2. The molecule has 0 aliphatic carbocycles. The Labute approximate surface area is 116 Å². The lowest BCUT2D eigenvalue weighted by Gasteiger charge is -2.12. The molecule has 2 aromatic rings. The Hall–Kier alpha value is -1.13. The SMILES string of the molecule is Cc1cc(Br)c2nc(CC(C)C)cc(NN)c2c1. The molecule has 1 aromatic heterocycles. The molecule has 0 atom stereocenters. The molecular formula is C14H18BrN3. The molecule has 0 radical (unpaired) electrons. The zero-order valence-corrected chi connectivity index (χ0v) is 12.5. The first-order chi connectivity index (χ1) is 8.51. The molecule has 2 rings (SSSR count). The van der Waals surface area contributed by atoms with Gasteiger partial charge in [-0.15, -0.1) is 0 Å². The normalized spacial score (nSPS) is 11.2. The van der Waals surface area contributed by atoms with Crippen molar-refractivity contribution in [3.63, 3.8) is 0 Å². The first-order valence-electron chi connectivity index (χ1n) is 6.07. The Morgan fingerprint density at radius 1 is 1.33 bits per heavy atom. The van der Waals surface area contributed by atoms with Crippen molar-refractivity contribution in [2.45, 2.75) is 27.2 Å². The molecule has 0 amide bonds. The first kappa shape index (κ1) is 13.3. The maximum absolute atomic E-state index is 5.62. The van der Waals surface area contributed by atoms with Gasteiger partial charge in [0.1, 0.15) is 0 Å². The Kier molecular flexibility index (Phi) is 3.88. The summed E-state index contributed by atoms with van der Waals surface area (Å²) in [5, 5.41) is 1.05. The molecule has 0 saturated carbocycles. The van der Waals surface area contributed by atoms with Crippen molar-refractivity contribution >= 4 is 32.5 Å². The summed E-state index contributed by atoms with van der Waals surface area (Å²) in [6.45, 7) is 6.43. The second-order valence-electron chi connectivity index (χ2n) is 5.05. The summed E-state index contributed by atoms with van der Waals surface area (Å²) in [5.74, 6) is 6.20. The Bertz CT molecular complexity index is 579. The number of anilines is 1. The monoisotopic (exact) mass is 307 g/mol. The van der Waals surface area contributed by atoms with Crippen LogP contribution in [0.2, 0.25) is 0 Å². The van der Waals surface area contributed by atoms with E-state index in [2.05, 4.69) is 54.3 Å². The third kappa shape index (κ3) is 2.65. The average molecular weight is 308 g/mol. The fourth-order valence-electron chi connectivity index (χ4n) is 2.12. The number of halogens is 1. The second-order valence-corrected chi connectivity index (χ2v) is 5.90. The lowest BCUT2D eigenvalue weighted by molar-refractivity contribution is 0.637. The summed E-state index contributed by atoms with van der Waals surface area (Å²) >= 11 is 3.58. The molecule has 0 bridgehead atoms. The number of fused-ring (bicyclic) bond motifs is 1. The molecule has 3 nitrogen and oxygen atoms in total. The first-order valence-corrected chi connectivity index (χ1v) is 6.87. The van der Waals surface area contributed by atoms with Crippen molar-refractivity contribution in [1.29, 1.82) is 0 Å². The number of aromatic nitrogens is 1. The van der Waals surface area contributed by atoms with Gasteiger partial charge in [-0.3, -0.25) is 10.8 Å². The van der Waals surface area contributed by atoms with E-state index in [0.717, 1.165) is 33.2 Å². The number of aryl methyl sites for hydroxylation is 1. The van der Waals surface area contributed by atoms with Crippen LogP contribution in [0.4, 0.5) is 5.69 Å². The quantitative estimate of drug-likeness (QED) is 0.670. The number of nitrogen functional groups attached to an aromatic ring is 1. The third-order valence-corrected chi connectivity index (χ3v) is 3.44. The summed E-state index contributed by atoms with van der Waals surface area (Å²) in [5.41, 5.74) is 6.92. The smallest absolute Gasteiger partial charge is 0.0868 e. The van der Waals surface area contributed by atoms with E-state index in [9.17, 15) is 0 Å². The zero-order chi connectivity index (χ0) is 13.3. The van der Waals surface area contributed by atoms with Crippen LogP contribution >= 0.6 is 15.9 Å². The van der Waals surface area contributed by atoms with E-state index < -0.39 is 0 Å². The van der Waals surface area contributed by atoms with Crippen LogP contribution in [0.5, 0.6) is 0 Å². The van der Waals surface area contributed by atoms with Gasteiger partial charge >= 0.3 is 0 Å². The van der Waals surface area contributed by atoms with Crippen LogP contribution in [0, 0.1) is 12.8 Å². The topological polar surface area (TPSA) is 50.9 Å². The highest BCUT2D eigenvalue weighted by molar-refractivity contribution is 9.10. The van der Waals surface area contributed by atoms with E-state index in [4.69, 9.17) is 10.8 Å². The number of benzene rings is 1. The van der Waals surface area contributed by atoms with Crippen LogP contribution in [-0.2, 0) is 6.42 Å². The molecule has 0 aliphatic heterocycles. The predicted molar refractivity (Wildman–Crippen MR) is 80.5 cm³/mol. The fraction of sp³-hybridized carbons (Fsp3) is 0.357. The van der Waals surface area contributed by atoms with E-state index in [-0.39, 0.29) is 0 Å². The Balaban J connectivity index is 2.67. The van der Waals surface area contributed by atoms with E-state index in [1.807, 2.05) is 6.07 Å². The second kappa shape index (κ2) is 5.24. The van der Waals surface area contributed by atoms with Crippen molar-refractivity contribution in [3.05, 3.63) is 33.9 Å². The molecule has 1 heterocycles.